The van der Waals surface area contributed by atoms with Crippen molar-refractivity contribution in [3.05, 3.63) is 46.8 Å². The summed E-state index contributed by atoms with van der Waals surface area (Å²) in [6.07, 6.45) is 3.91. The quantitative estimate of drug-likeness (QED) is 0.719. The number of thiophene rings is 1. The summed E-state index contributed by atoms with van der Waals surface area (Å²) in [5.41, 5.74) is 1.88. The molecular formula is C18H14O4S. The third-order valence-corrected chi connectivity index (χ3v) is 4.59. The Balaban J connectivity index is 1.70. The second kappa shape index (κ2) is 5.52. The van der Waals surface area contributed by atoms with Gasteiger partial charge in [-0.3, -0.25) is 0 Å². The first-order chi connectivity index (χ1) is 11.2. The zero-order valence-corrected chi connectivity index (χ0v) is 13.2. The predicted molar refractivity (Wildman–Crippen MR) is 91.5 cm³/mol. The van der Waals surface area contributed by atoms with E-state index in [0.717, 1.165) is 21.2 Å². The normalized spacial score (nSPS) is 13.1. The van der Waals surface area contributed by atoms with Crippen molar-refractivity contribution in [3.63, 3.8) is 0 Å². The van der Waals surface area contributed by atoms with E-state index in [1.807, 2.05) is 35.7 Å². The average molecular weight is 326 g/mol. The van der Waals surface area contributed by atoms with Crippen LogP contribution in [-0.2, 0) is 0 Å². The van der Waals surface area contributed by atoms with Gasteiger partial charge < -0.3 is 19.3 Å². The van der Waals surface area contributed by atoms with Crippen molar-refractivity contribution in [3.8, 4) is 23.0 Å². The minimum absolute atomic E-state index is 0.210. The largest absolute Gasteiger partial charge is 0.507 e. The first-order valence-corrected chi connectivity index (χ1v) is 7.98. The molecule has 0 spiro atoms. The topological polar surface area (TPSA) is 47.9 Å². The highest BCUT2D eigenvalue weighted by Crippen LogP contribution is 2.42. The average Bonchev–Trinajstić information content (AvgIpc) is 3.20. The van der Waals surface area contributed by atoms with Gasteiger partial charge in [0.2, 0.25) is 12.5 Å². The monoisotopic (exact) mass is 326 g/mol. The lowest BCUT2D eigenvalue weighted by atomic mass is 10.1. The fourth-order valence-corrected chi connectivity index (χ4v) is 3.46. The molecule has 5 heteroatoms. The molecule has 0 saturated carbocycles. The van der Waals surface area contributed by atoms with E-state index < -0.39 is 0 Å². The fraction of sp³-hybridized carbons (Fsp3) is 0.111. The van der Waals surface area contributed by atoms with Crippen LogP contribution in [0.25, 0.3) is 22.2 Å². The molecule has 23 heavy (non-hydrogen) atoms. The van der Waals surface area contributed by atoms with Crippen LogP contribution in [0.5, 0.6) is 23.0 Å². The summed E-state index contributed by atoms with van der Waals surface area (Å²) in [5.74, 6) is 2.27. The van der Waals surface area contributed by atoms with Crippen LogP contribution in [0.15, 0.2) is 35.7 Å². The first kappa shape index (κ1) is 14.0. The molecule has 0 radical (unpaired) electrons. The van der Waals surface area contributed by atoms with E-state index in [0.29, 0.717) is 23.0 Å². The van der Waals surface area contributed by atoms with E-state index in [-0.39, 0.29) is 6.79 Å². The lowest BCUT2D eigenvalue weighted by Gasteiger charge is -2.06. The SMILES string of the molecule is COc1cc(/C=C\c2cc(O)c3ccsc3c2)cc2c1OCO2. The molecule has 0 amide bonds. The van der Waals surface area contributed by atoms with Gasteiger partial charge in [0.15, 0.2) is 11.5 Å². The van der Waals surface area contributed by atoms with E-state index in [9.17, 15) is 5.11 Å². The van der Waals surface area contributed by atoms with Crippen LogP contribution >= 0.6 is 11.3 Å². The second-order valence-corrected chi connectivity index (χ2v) is 6.11. The van der Waals surface area contributed by atoms with Gasteiger partial charge in [-0.15, -0.1) is 11.3 Å². The summed E-state index contributed by atoms with van der Waals surface area (Å²) in [7, 11) is 1.60. The van der Waals surface area contributed by atoms with Gasteiger partial charge in [-0.2, -0.15) is 0 Å². The summed E-state index contributed by atoms with van der Waals surface area (Å²) in [5, 5.41) is 12.9. The number of rotatable bonds is 3. The molecule has 1 N–H and O–H groups in total. The zero-order valence-electron chi connectivity index (χ0n) is 12.4. The predicted octanol–water partition coefficient (Wildman–Crippen LogP) is 4.51. The Morgan fingerprint density at radius 2 is 1.96 bits per heavy atom. The van der Waals surface area contributed by atoms with Gasteiger partial charge in [0, 0.05) is 10.1 Å². The van der Waals surface area contributed by atoms with E-state index >= 15 is 0 Å². The highest BCUT2D eigenvalue weighted by atomic mass is 32.1. The number of benzene rings is 2. The number of ether oxygens (including phenoxy) is 3. The van der Waals surface area contributed by atoms with E-state index in [1.165, 1.54) is 0 Å². The Kier molecular flexibility index (Phi) is 3.35. The molecule has 2 heterocycles. The van der Waals surface area contributed by atoms with Gasteiger partial charge in [-0.25, -0.2) is 0 Å². The maximum Gasteiger partial charge on any atom is 0.231 e. The molecule has 0 atom stereocenters. The molecule has 4 nitrogen and oxygen atoms in total. The van der Waals surface area contributed by atoms with Crippen LogP contribution in [-0.4, -0.2) is 19.0 Å². The van der Waals surface area contributed by atoms with Gasteiger partial charge in [-0.05, 0) is 46.8 Å². The van der Waals surface area contributed by atoms with Crippen molar-refractivity contribution >= 4 is 33.6 Å². The van der Waals surface area contributed by atoms with Crippen LogP contribution in [0.4, 0.5) is 0 Å². The number of fused-ring (bicyclic) bond motifs is 2. The smallest absolute Gasteiger partial charge is 0.231 e. The summed E-state index contributed by atoms with van der Waals surface area (Å²) >= 11 is 1.61. The Bertz CT molecular complexity index is 911. The van der Waals surface area contributed by atoms with Gasteiger partial charge in [-0.1, -0.05) is 12.2 Å². The molecular weight excluding hydrogens is 312 g/mol. The van der Waals surface area contributed by atoms with Gasteiger partial charge in [0.25, 0.3) is 0 Å². The summed E-state index contributed by atoms with van der Waals surface area (Å²) in [6.45, 7) is 0.210. The summed E-state index contributed by atoms with van der Waals surface area (Å²) < 4.78 is 17.2. The highest BCUT2D eigenvalue weighted by molar-refractivity contribution is 7.17. The van der Waals surface area contributed by atoms with Crippen molar-refractivity contribution in [2.45, 2.75) is 0 Å². The minimum atomic E-state index is 0.210. The van der Waals surface area contributed by atoms with Crippen LogP contribution in [0.1, 0.15) is 11.1 Å². The van der Waals surface area contributed by atoms with Crippen LogP contribution in [0.2, 0.25) is 0 Å². The standard InChI is InChI=1S/C18H14O4S/c1-20-15-7-12(8-16-18(15)22-10-21-16)3-2-11-6-14(19)13-4-5-23-17(13)9-11/h2-9,19H,10H2,1H3/b3-2-. The van der Waals surface area contributed by atoms with Crippen molar-refractivity contribution < 1.29 is 19.3 Å². The summed E-state index contributed by atoms with van der Waals surface area (Å²) in [4.78, 5) is 0. The van der Waals surface area contributed by atoms with Crippen molar-refractivity contribution in [1.29, 1.82) is 0 Å². The number of phenols is 1. The van der Waals surface area contributed by atoms with Gasteiger partial charge in [0.05, 0.1) is 7.11 Å². The lowest BCUT2D eigenvalue weighted by Crippen LogP contribution is -1.93. The summed E-state index contributed by atoms with van der Waals surface area (Å²) in [6, 6.07) is 9.54. The molecule has 1 aliphatic rings. The third kappa shape index (κ3) is 2.49. The Morgan fingerprint density at radius 1 is 1.13 bits per heavy atom. The number of methoxy groups -OCH3 is 1. The Labute approximate surface area is 137 Å². The molecule has 4 rings (SSSR count). The van der Waals surface area contributed by atoms with Crippen molar-refractivity contribution in [1.82, 2.24) is 0 Å². The minimum Gasteiger partial charge on any atom is -0.507 e. The van der Waals surface area contributed by atoms with Crippen molar-refractivity contribution in [2.75, 3.05) is 13.9 Å². The molecule has 0 fully saturated rings. The third-order valence-electron chi connectivity index (χ3n) is 3.72. The molecule has 0 unspecified atom stereocenters. The van der Waals surface area contributed by atoms with Gasteiger partial charge in [0.1, 0.15) is 5.75 Å². The molecule has 2 aromatic carbocycles. The van der Waals surface area contributed by atoms with Crippen LogP contribution < -0.4 is 14.2 Å². The first-order valence-electron chi connectivity index (χ1n) is 7.10. The van der Waals surface area contributed by atoms with Crippen molar-refractivity contribution in [2.24, 2.45) is 0 Å². The Morgan fingerprint density at radius 3 is 2.78 bits per heavy atom. The van der Waals surface area contributed by atoms with Gasteiger partial charge >= 0.3 is 0 Å². The molecule has 0 saturated heterocycles. The highest BCUT2D eigenvalue weighted by Gasteiger charge is 2.19. The number of phenolic OH excluding ortho intramolecular Hbond substituents is 1. The number of aromatic hydroxyl groups is 1. The second-order valence-electron chi connectivity index (χ2n) is 5.16. The Hall–Kier alpha value is -2.66. The maximum absolute atomic E-state index is 10.1. The lowest BCUT2D eigenvalue weighted by molar-refractivity contribution is 0.171. The maximum atomic E-state index is 10.1. The van der Waals surface area contributed by atoms with E-state index in [1.54, 1.807) is 24.5 Å². The molecule has 1 aliphatic heterocycles. The van der Waals surface area contributed by atoms with Crippen LogP contribution in [0.3, 0.4) is 0 Å². The van der Waals surface area contributed by atoms with E-state index in [2.05, 4.69) is 6.07 Å². The molecule has 0 bridgehead atoms. The molecule has 0 aliphatic carbocycles. The molecule has 116 valence electrons. The number of hydrogen-bond acceptors (Lipinski definition) is 5. The van der Waals surface area contributed by atoms with Crippen LogP contribution in [0, 0.1) is 0 Å². The zero-order chi connectivity index (χ0) is 15.8. The molecule has 3 aromatic rings. The van der Waals surface area contributed by atoms with E-state index in [4.69, 9.17) is 14.2 Å². The number of hydrogen-bond donors (Lipinski definition) is 1. The fourth-order valence-electron chi connectivity index (χ4n) is 2.61. The molecule has 1 aromatic heterocycles.